The van der Waals surface area contributed by atoms with Crippen molar-refractivity contribution in [1.29, 1.82) is 0 Å². The van der Waals surface area contributed by atoms with Gasteiger partial charge in [0.15, 0.2) is 0 Å². The molecule has 1 rings (SSSR count). The van der Waals surface area contributed by atoms with E-state index >= 15 is 0 Å². The first-order valence-electron chi connectivity index (χ1n) is 3.62. The molecule has 0 saturated carbocycles. The fraction of sp³-hybridized carbons (Fsp3) is 0.286. The third-order valence-corrected chi connectivity index (χ3v) is 2.30. The van der Waals surface area contributed by atoms with Gasteiger partial charge in [-0.05, 0) is 0 Å². The predicted octanol–water partition coefficient (Wildman–Crippen LogP) is -0.340. The summed E-state index contributed by atoms with van der Waals surface area (Å²) in [4.78, 5) is 25.0. The second-order valence-corrected chi connectivity index (χ2v) is 3.40. The van der Waals surface area contributed by atoms with Crippen molar-refractivity contribution in [3.8, 4) is 0 Å². The monoisotopic (exact) mass is 199 g/mol. The molecular formula is C7H9N3O2S. The number of aromatic nitrogens is 1. The zero-order chi connectivity index (χ0) is 9.84. The molecule has 2 amide bonds. The Morgan fingerprint density at radius 3 is 2.62 bits per heavy atom. The molecule has 0 atom stereocenters. The lowest BCUT2D eigenvalue weighted by molar-refractivity contribution is -0.117. The van der Waals surface area contributed by atoms with Crippen LogP contribution in [0.15, 0.2) is 5.38 Å². The van der Waals surface area contributed by atoms with Gasteiger partial charge in [-0.1, -0.05) is 0 Å². The molecule has 0 unspecified atom stereocenters. The van der Waals surface area contributed by atoms with Crippen LogP contribution in [0.4, 0.5) is 0 Å². The van der Waals surface area contributed by atoms with E-state index in [1.54, 1.807) is 5.38 Å². The van der Waals surface area contributed by atoms with Gasteiger partial charge in [-0.25, -0.2) is 4.98 Å². The molecule has 0 aromatic carbocycles. The summed E-state index contributed by atoms with van der Waals surface area (Å²) in [5.74, 6) is -0.933. The molecule has 5 nitrogen and oxygen atoms in total. The average molecular weight is 199 g/mol. The highest BCUT2D eigenvalue weighted by atomic mass is 32.1. The normalized spacial score (nSPS) is 9.85. The van der Waals surface area contributed by atoms with Gasteiger partial charge in [0, 0.05) is 18.2 Å². The lowest BCUT2D eigenvalue weighted by Crippen LogP contribution is -2.12. The van der Waals surface area contributed by atoms with E-state index in [0.717, 1.165) is 0 Å². The van der Waals surface area contributed by atoms with Gasteiger partial charge < -0.3 is 11.5 Å². The number of hydrogen-bond donors (Lipinski definition) is 2. The van der Waals surface area contributed by atoms with Gasteiger partial charge in [0.2, 0.25) is 5.91 Å². The van der Waals surface area contributed by atoms with Gasteiger partial charge in [-0.2, -0.15) is 0 Å². The highest BCUT2D eigenvalue weighted by Crippen LogP contribution is 2.10. The molecule has 0 bridgehead atoms. The Balaban J connectivity index is 2.59. The van der Waals surface area contributed by atoms with Crippen LogP contribution in [0, 0.1) is 0 Å². The van der Waals surface area contributed by atoms with Crippen LogP contribution in [-0.2, 0) is 11.2 Å². The number of rotatable bonds is 4. The Bertz CT molecular complexity index is 334. The lowest BCUT2D eigenvalue weighted by Gasteiger charge is -1.90. The highest BCUT2D eigenvalue weighted by molar-refractivity contribution is 7.09. The molecule has 70 valence electrons. The molecule has 1 heterocycles. The summed E-state index contributed by atoms with van der Waals surface area (Å²) in [6, 6.07) is 0. The van der Waals surface area contributed by atoms with Crippen molar-refractivity contribution in [3.63, 3.8) is 0 Å². The van der Waals surface area contributed by atoms with E-state index in [0.29, 0.717) is 11.4 Å². The Morgan fingerprint density at radius 1 is 1.46 bits per heavy atom. The molecule has 1 aromatic rings. The van der Waals surface area contributed by atoms with Crippen LogP contribution in [0.2, 0.25) is 0 Å². The van der Waals surface area contributed by atoms with Crippen molar-refractivity contribution in [2.24, 2.45) is 11.5 Å². The van der Waals surface area contributed by atoms with Crippen LogP contribution < -0.4 is 11.5 Å². The lowest BCUT2D eigenvalue weighted by atomic mass is 10.3. The second-order valence-electron chi connectivity index (χ2n) is 2.46. The molecular weight excluding hydrogens is 190 g/mol. The van der Waals surface area contributed by atoms with E-state index in [4.69, 9.17) is 11.5 Å². The van der Waals surface area contributed by atoms with Crippen molar-refractivity contribution in [2.75, 3.05) is 0 Å². The zero-order valence-electron chi connectivity index (χ0n) is 6.82. The van der Waals surface area contributed by atoms with E-state index in [9.17, 15) is 9.59 Å². The largest absolute Gasteiger partial charge is 0.370 e. The van der Waals surface area contributed by atoms with E-state index in [1.165, 1.54) is 11.3 Å². The molecule has 1 aromatic heterocycles. The summed E-state index contributed by atoms with van der Waals surface area (Å²) in [5.41, 5.74) is 10.2. The fourth-order valence-corrected chi connectivity index (χ4v) is 1.56. The Labute approximate surface area is 78.8 Å². The second kappa shape index (κ2) is 3.99. The molecule has 0 radical (unpaired) electrons. The number of aryl methyl sites for hydroxylation is 1. The van der Waals surface area contributed by atoms with Gasteiger partial charge in [0.05, 0.1) is 5.01 Å². The zero-order valence-corrected chi connectivity index (χ0v) is 7.63. The Morgan fingerprint density at radius 2 is 2.15 bits per heavy atom. The molecule has 0 aliphatic rings. The Hall–Kier alpha value is -1.43. The minimum absolute atomic E-state index is 0.240. The van der Waals surface area contributed by atoms with Crippen LogP contribution >= 0.6 is 11.3 Å². The molecule has 0 aliphatic carbocycles. The summed E-state index contributed by atoms with van der Waals surface area (Å²) in [5, 5.41) is 2.27. The number of nitrogens with zero attached hydrogens (tertiary/aromatic N) is 1. The van der Waals surface area contributed by atoms with Crippen LogP contribution in [0.5, 0.6) is 0 Å². The third kappa shape index (κ3) is 2.83. The van der Waals surface area contributed by atoms with Crippen molar-refractivity contribution >= 4 is 23.2 Å². The van der Waals surface area contributed by atoms with E-state index < -0.39 is 5.91 Å². The first-order valence-corrected chi connectivity index (χ1v) is 4.50. The maximum Gasteiger partial charge on any atom is 0.268 e. The van der Waals surface area contributed by atoms with Gasteiger partial charge in [-0.15, -0.1) is 11.3 Å². The number of hydrogen-bond acceptors (Lipinski definition) is 4. The van der Waals surface area contributed by atoms with E-state index in [1.807, 2.05) is 0 Å². The van der Waals surface area contributed by atoms with Gasteiger partial charge >= 0.3 is 0 Å². The fourth-order valence-electron chi connectivity index (χ4n) is 0.769. The standard InChI is InChI=1S/C7H9N3O2S/c8-5(11)1-2-6-10-4(3-13-6)7(9)12/h3H,1-2H2,(H2,8,11)(H2,9,12). The summed E-state index contributed by atoms with van der Waals surface area (Å²) >= 11 is 1.30. The van der Waals surface area contributed by atoms with E-state index in [-0.39, 0.29) is 18.0 Å². The first-order chi connectivity index (χ1) is 6.09. The predicted molar refractivity (Wildman–Crippen MR) is 48.1 cm³/mol. The van der Waals surface area contributed by atoms with Gasteiger partial charge in [0.1, 0.15) is 5.69 Å². The van der Waals surface area contributed by atoms with Crippen molar-refractivity contribution in [2.45, 2.75) is 12.8 Å². The Kier molecular flexibility index (Phi) is 2.97. The van der Waals surface area contributed by atoms with Crippen LogP contribution in [0.25, 0.3) is 0 Å². The number of amides is 2. The van der Waals surface area contributed by atoms with Crippen molar-refractivity contribution in [1.82, 2.24) is 4.98 Å². The number of primary amides is 2. The van der Waals surface area contributed by atoms with Crippen LogP contribution in [0.1, 0.15) is 21.9 Å². The van der Waals surface area contributed by atoms with Crippen molar-refractivity contribution in [3.05, 3.63) is 16.1 Å². The molecule has 4 N–H and O–H groups in total. The number of nitrogens with two attached hydrogens (primary N) is 2. The highest BCUT2D eigenvalue weighted by Gasteiger charge is 2.07. The first kappa shape index (κ1) is 9.66. The maximum absolute atomic E-state index is 10.6. The molecule has 0 spiro atoms. The topological polar surface area (TPSA) is 99.1 Å². The molecule has 13 heavy (non-hydrogen) atoms. The van der Waals surface area contributed by atoms with Crippen LogP contribution in [-0.4, -0.2) is 16.8 Å². The van der Waals surface area contributed by atoms with E-state index in [2.05, 4.69) is 4.98 Å². The maximum atomic E-state index is 10.6. The van der Waals surface area contributed by atoms with Crippen molar-refractivity contribution < 1.29 is 9.59 Å². The quantitative estimate of drug-likeness (QED) is 0.693. The average Bonchev–Trinajstić information content (AvgIpc) is 2.48. The van der Waals surface area contributed by atoms with Gasteiger partial charge in [0.25, 0.3) is 5.91 Å². The number of carbonyl (C=O) groups excluding carboxylic acids is 2. The smallest absolute Gasteiger partial charge is 0.268 e. The minimum atomic E-state index is -0.554. The molecule has 0 fully saturated rings. The molecule has 0 aliphatic heterocycles. The summed E-state index contributed by atoms with van der Waals surface area (Å²) < 4.78 is 0. The summed E-state index contributed by atoms with van der Waals surface area (Å²) in [6.45, 7) is 0. The van der Waals surface area contributed by atoms with Crippen LogP contribution in [0.3, 0.4) is 0 Å². The SMILES string of the molecule is NC(=O)CCc1nc(C(N)=O)cs1. The number of thiazole rings is 1. The summed E-state index contributed by atoms with van der Waals surface area (Å²) in [7, 11) is 0. The third-order valence-electron chi connectivity index (χ3n) is 1.39. The van der Waals surface area contributed by atoms with Gasteiger partial charge in [-0.3, -0.25) is 9.59 Å². The molecule has 6 heteroatoms. The number of carbonyl (C=O) groups is 2. The molecule has 0 saturated heterocycles. The minimum Gasteiger partial charge on any atom is -0.370 e. The summed E-state index contributed by atoms with van der Waals surface area (Å²) in [6.07, 6.45) is 0.707.